The summed E-state index contributed by atoms with van der Waals surface area (Å²) in [6.45, 7) is 19.8. The van der Waals surface area contributed by atoms with E-state index in [0.717, 1.165) is 38.7 Å². The molecule has 4 aromatic rings. The number of piperidine rings is 1. The van der Waals surface area contributed by atoms with Crippen LogP contribution < -0.4 is 10.2 Å². The van der Waals surface area contributed by atoms with E-state index in [0.29, 0.717) is 35.8 Å². The van der Waals surface area contributed by atoms with E-state index in [4.69, 9.17) is 14.2 Å². The lowest BCUT2D eigenvalue weighted by atomic mass is 9.96. The van der Waals surface area contributed by atoms with Crippen LogP contribution in [0.5, 0.6) is 0 Å². The number of fused-ring (bicyclic) bond motifs is 1. The number of ether oxygens (including phenoxy) is 3. The predicted octanol–water partition coefficient (Wildman–Crippen LogP) is 8.59. The molecule has 13 nitrogen and oxygen atoms in total. The molecule has 0 aliphatic carbocycles. The lowest BCUT2D eigenvalue weighted by Crippen LogP contribution is -2.43. The number of pyridine rings is 1. The Hall–Kier alpha value is -4.92. The zero-order valence-electron chi connectivity index (χ0n) is 32.7. The Morgan fingerprint density at radius 3 is 2.30 bits per heavy atom. The van der Waals surface area contributed by atoms with Gasteiger partial charge in [-0.25, -0.2) is 38.3 Å². The molecule has 1 aromatic carbocycles. The molecule has 54 heavy (non-hydrogen) atoms. The molecule has 1 saturated heterocycles. The van der Waals surface area contributed by atoms with Crippen LogP contribution in [0.2, 0.25) is 0 Å². The molecule has 1 N–H and O–H groups in total. The lowest BCUT2D eigenvalue weighted by Gasteiger charge is -2.35. The number of rotatable bonds is 11. The third-order valence-corrected chi connectivity index (χ3v) is 8.75. The number of hydrogen-bond donors (Lipinski definition) is 1. The highest BCUT2D eigenvalue weighted by atomic mass is 19.1. The number of carbonyl (C=O) groups excluding carboxylic acids is 2. The summed E-state index contributed by atoms with van der Waals surface area (Å²) in [4.78, 5) is 46.5. The van der Waals surface area contributed by atoms with Gasteiger partial charge >= 0.3 is 12.2 Å². The van der Waals surface area contributed by atoms with Crippen molar-refractivity contribution in [3.05, 3.63) is 54.1 Å². The van der Waals surface area contributed by atoms with Crippen molar-refractivity contribution in [2.24, 2.45) is 5.92 Å². The van der Waals surface area contributed by atoms with Gasteiger partial charge in [0.05, 0.1) is 30.2 Å². The Morgan fingerprint density at radius 1 is 0.963 bits per heavy atom. The van der Waals surface area contributed by atoms with Gasteiger partial charge in [0, 0.05) is 24.7 Å². The number of amides is 1. The first-order valence-electron chi connectivity index (χ1n) is 18.4. The summed E-state index contributed by atoms with van der Waals surface area (Å²) < 4.78 is 48.3. The number of benzene rings is 1. The first kappa shape index (κ1) is 40.3. The molecule has 1 amide bonds. The monoisotopic (exact) mass is 750 g/mol. The number of imidazole rings is 1. The van der Waals surface area contributed by atoms with Crippen LogP contribution in [-0.2, 0) is 14.2 Å². The van der Waals surface area contributed by atoms with Gasteiger partial charge in [0.1, 0.15) is 34.1 Å². The molecule has 0 saturated carbocycles. The topological polar surface area (TPSA) is 137 Å². The minimum Gasteiger partial charge on any atom is -0.443 e. The van der Waals surface area contributed by atoms with Gasteiger partial charge in [-0.3, -0.25) is 4.90 Å². The molecule has 292 valence electrons. The van der Waals surface area contributed by atoms with Gasteiger partial charge in [0.2, 0.25) is 5.95 Å². The van der Waals surface area contributed by atoms with E-state index in [-0.39, 0.29) is 41.3 Å². The van der Waals surface area contributed by atoms with E-state index < -0.39 is 35.1 Å². The molecule has 1 fully saturated rings. The number of halogens is 2. The van der Waals surface area contributed by atoms with E-state index >= 15 is 8.78 Å². The van der Waals surface area contributed by atoms with Crippen LogP contribution in [0.3, 0.4) is 0 Å². The average molecular weight is 751 g/mol. The van der Waals surface area contributed by atoms with Gasteiger partial charge < -0.3 is 29.0 Å². The summed E-state index contributed by atoms with van der Waals surface area (Å²) in [5.41, 5.74) is 0.196. The maximum atomic E-state index is 15.2. The van der Waals surface area contributed by atoms with Gasteiger partial charge in [0.15, 0.2) is 11.6 Å². The molecular formula is C39H52F2N8O5. The fourth-order valence-electron chi connectivity index (χ4n) is 6.40. The maximum Gasteiger partial charge on any atom is 0.508 e. The molecule has 1 aliphatic heterocycles. The molecule has 3 aromatic heterocycles. The number of nitrogens with zero attached hydrogens (tertiary/aromatic N) is 7. The normalized spacial score (nSPS) is 14.4. The van der Waals surface area contributed by atoms with Gasteiger partial charge in [-0.1, -0.05) is 0 Å². The highest BCUT2D eigenvalue weighted by molar-refractivity contribution is 5.88. The molecule has 5 rings (SSSR count). The van der Waals surface area contributed by atoms with E-state index in [1.807, 2.05) is 39.2 Å². The Morgan fingerprint density at radius 2 is 1.67 bits per heavy atom. The first-order chi connectivity index (χ1) is 25.4. The smallest absolute Gasteiger partial charge is 0.443 e. The van der Waals surface area contributed by atoms with Crippen LogP contribution in [0.15, 0.2) is 36.7 Å². The minimum absolute atomic E-state index is 0.0148. The highest BCUT2D eigenvalue weighted by Crippen LogP contribution is 2.31. The van der Waals surface area contributed by atoms with Crippen molar-refractivity contribution in [2.45, 2.75) is 98.8 Å². The van der Waals surface area contributed by atoms with Crippen LogP contribution in [0.1, 0.15) is 86.5 Å². The van der Waals surface area contributed by atoms with E-state index in [9.17, 15) is 9.59 Å². The second-order valence-electron chi connectivity index (χ2n) is 15.9. The molecule has 0 atom stereocenters. The van der Waals surface area contributed by atoms with Gasteiger partial charge in [0.25, 0.3) is 0 Å². The lowest BCUT2D eigenvalue weighted by molar-refractivity contribution is -0.00863. The average Bonchev–Trinajstić information content (AvgIpc) is 3.42. The third-order valence-electron chi connectivity index (χ3n) is 8.75. The van der Waals surface area contributed by atoms with Crippen molar-refractivity contribution in [1.82, 2.24) is 29.4 Å². The van der Waals surface area contributed by atoms with Crippen LogP contribution in [0, 0.1) is 24.5 Å². The SMILES string of the molecule is Cc1nc2c(F)cc(-c3nc(Nc4ccc(N(CC5CCN(CCCOC(=O)OC(C)(C)C)CC5)C(=O)OC(C)(C)C)cn4)ncc3F)cc2n1C(C)C. The molecule has 0 radical (unpaired) electrons. The highest BCUT2D eigenvalue weighted by Gasteiger charge is 2.29. The fraction of sp³-hybridized carbons (Fsp3) is 0.538. The molecule has 15 heteroatoms. The fourth-order valence-corrected chi connectivity index (χ4v) is 6.40. The number of carbonyl (C=O) groups is 2. The number of anilines is 3. The largest absolute Gasteiger partial charge is 0.508 e. The van der Waals surface area contributed by atoms with Crippen LogP contribution in [0.4, 0.5) is 35.8 Å². The number of aryl methyl sites for hydroxylation is 1. The Kier molecular flexibility index (Phi) is 12.4. The minimum atomic E-state index is -0.707. The van der Waals surface area contributed by atoms with Crippen molar-refractivity contribution >= 4 is 40.7 Å². The van der Waals surface area contributed by atoms with Crippen LogP contribution >= 0.6 is 0 Å². The van der Waals surface area contributed by atoms with E-state index in [1.54, 1.807) is 57.0 Å². The number of hydrogen-bond acceptors (Lipinski definition) is 11. The summed E-state index contributed by atoms with van der Waals surface area (Å²) >= 11 is 0. The summed E-state index contributed by atoms with van der Waals surface area (Å²) in [5.74, 6) is 0.0242. The summed E-state index contributed by atoms with van der Waals surface area (Å²) in [7, 11) is 0. The Balaban J connectivity index is 1.24. The standard InChI is InChI=1S/C39H52F2N8O5/c1-24(2)49-25(3)44-34-29(40)19-27(20-31(34)49)33-30(41)22-43-35(46-33)45-32-12-11-28(21-42-32)48(36(50)53-38(4,5)6)23-26-13-16-47(17-14-26)15-10-18-52-37(51)54-39(7,8)9/h11-12,19-22,24,26H,10,13-18,23H2,1-9H3,(H,42,43,45,46). The Bertz CT molecular complexity index is 1930. The quantitative estimate of drug-likeness (QED) is 0.117. The summed E-state index contributed by atoms with van der Waals surface area (Å²) in [6.07, 6.45) is 3.90. The summed E-state index contributed by atoms with van der Waals surface area (Å²) in [5, 5.41) is 3.00. The maximum absolute atomic E-state index is 15.2. The van der Waals surface area contributed by atoms with E-state index in [1.165, 1.54) is 6.07 Å². The third kappa shape index (κ3) is 10.6. The number of likely N-dealkylation sites (tertiary alicyclic amines) is 1. The number of aromatic nitrogens is 5. The van der Waals surface area contributed by atoms with Crippen molar-refractivity contribution in [3.8, 4) is 11.3 Å². The summed E-state index contributed by atoms with van der Waals surface area (Å²) in [6, 6.07) is 6.35. The number of nitrogens with one attached hydrogen (secondary N) is 1. The molecular weight excluding hydrogens is 698 g/mol. The Labute approximate surface area is 315 Å². The molecule has 0 unspecified atom stereocenters. The van der Waals surface area contributed by atoms with Crippen molar-refractivity contribution in [1.29, 1.82) is 0 Å². The zero-order valence-corrected chi connectivity index (χ0v) is 32.7. The van der Waals surface area contributed by atoms with Crippen molar-refractivity contribution < 1.29 is 32.6 Å². The second-order valence-corrected chi connectivity index (χ2v) is 15.9. The molecule has 0 spiro atoms. The predicted molar refractivity (Wildman–Crippen MR) is 203 cm³/mol. The van der Waals surface area contributed by atoms with Crippen LogP contribution in [-0.4, -0.2) is 85.6 Å². The van der Waals surface area contributed by atoms with Crippen molar-refractivity contribution in [3.63, 3.8) is 0 Å². The van der Waals surface area contributed by atoms with Gasteiger partial charge in [-0.2, -0.15) is 0 Å². The first-order valence-corrected chi connectivity index (χ1v) is 18.4. The van der Waals surface area contributed by atoms with Gasteiger partial charge in [-0.05, 0) is 125 Å². The molecule has 0 bridgehead atoms. The molecule has 4 heterocycles. The second kappa shape index (κ2) is 16.6. The zero-order chi connectivity index (χ0) is 39.4. The molecule has 1 aliphatic rings. The van der Waals surface area contributed by atoms with E-state index in [2.05, 4.69) is 30.2 Å². The van der Waals surface area contributed by atoms with Crippen molar-refractivity contribution in [2.75, 3.05) is 43.0 Å². The van der Waals surface area contributed by atoms with Gasteiger partial charge in [-0.15, -0.1) is 0 Å². The van der Waals surface area contributed by atoms with Crippen LogP contribution in [0.25, 0.3) is 22.3 Å².